The van der Waals surface area contributed by atoms with E-state index in [1.165, 1.54) is 0 Å². The molecule has 0 radical (unpaired) electrons. The number of carbonyl (C=O) groups is 2. The van der Waals surface area contributed by atoms with Crippen LogP contribution in [-0.4, -0.2) is 11.9 Å². The topological polar surface area (TPSA) is 52.6 Å². The molecule has 0 spiro atoms. The molecule has 0 bridgehead atoms. The third-order valence-electron chi connectivity index (χ3n) is 3.45. The first-order chi connectivity index (χ1) is 7.91. The number of hydrogen-bond acceptors (Lipinski definition) is 4. The highest BCUT2D eigenvalue weighted by Crippen LogP contribution is 2.55. The van der Waals surface area contributed by atoms with Crippen LogP contribution < -0.4 is 0 Å². The molecule has 0 aliphatic heterocycles. The van der Waals surface area contributed by atoms with Crippen LogP contribution in [0.1, 0.15) is 53.4 Å². The Morgan fingerprint density at radius 1 is 1.35 bits per heavy atom. The van der Waals surface area contributed by atoms with Gasteiger partial charge in [0.05, 0.1) is 11.3 Å². The van der Waals surface area contributed by atoms with Gasteiger partial charge in [0.2, 0.25) is 0 Å². The summed E-state index contributed by atoms with van der Waals surface area (Å²) in [6, 6.07) is 0. The SMILES string of the molecule is CCCCC1CC1(C)C(=O)OOC(=O)C(C)C. The average Bonchev–Trinajstić information content (AvgIpc) is 2.95. The van der Waals surface area contributed by atoms with Crippen LogP contribution in [0.25, 0.3) is 0 Å². The van der Waals surface area contributed by atoms with Gasteiger partial charge in [-0.25, -0.2) is 19.4 Å². The summed E-state index contributed by atoms with van der Waals surface area (Å²) in [6.07, 6.45) is 4.13. The molecule has 0 heterocycles. The highest BCUT2D eigenvalue weighted by Gasteiger charge is 2.57. The average molecular weight is 242 g/mol. The van der Waals surface area contributed by atoms with E-state index in [1.807, 2.05) is 6.92 Å². The van der Waals surface area contributed by atoms with E-state index >= 15 is 0 Å². The van der Waals surface area contributed by atoms with Gasteiger partial charge in [0.25, 0.3) is 0 Å². The Balaban J connectivity index is 2.32. The molecule has 0 aromatic carbocycles. The van der Waals surface area contributed by atoms with E-state index in [4.69, 9.17) is 0 Å². The predicted octanol–water partition coefficient (Wildman–Crippen LogP) is 2.86. The first kappa shape index (κ1) is 14.0. The highest BCUT2D eigenvalue weighted by atomic mass is 17.2. The Kier molecular flexibility index (Phi) is 4.54. The van der Waals surface area contributed by atoms with Crippen LogP contribution in [0.4, 0.5) is 0 Å². The molecular weight excluding hydrogens is 220 g/mol. The smallest absolute Gasteiger partial charge is 0.247 e. The number of carbonyl (C=O) groups excluding carboxylic acids is 2. The Hall–Kier alpha value is -1.06. The maximum atomic E-state index is 11.7. The standard InChI is InChI=1S/C13H22O4/c1-5-6-7-10-8-13(10,4)12(15)17-16-11(14)9(2)3/h9-10H,5-8H2,1-4H3. The van der Waals surface area contributed by atoms with Gasteiger partial charge in [0.1, 0.15) is 0 Å². The molecule has 0 amide bonds. The van der Waals surface area contributed by atoms with Gasteiger partial charge in [-0.1, -0.05) is 33.6 Å². The van der Waals surface area contributed by atoms with E-state index in [0.717, 1.165) is 25.7 Å². The van der Waals surface area contributed by atoms with Crippen molar-refractivity contribution in [2.75, 3.05) is 0 Å². The van der Waals surface area contributed by atoms with Gasteiger partial charge in [-0.2, -0.15) is 0 Å². The van der Waals surface area contributed by atoms with Crippen molar-refractivity contribution in [3.05, 3.63) is 0 Å². The number of rotatable bonds is 5. The minimum absolute atomic E-state index is 0.286. The molecule has 0 saturated heterocycles. The van der Waals surface area contributed by atoms with Gasteiger partial charge in [0.15, 0.2) is 0 Å². The van der Waals surface area contributed by atoms with Crippen molar-refractivity contribution in [3.63, 3.8) is 0 Å². The summed E-state index contributed by atoms with van der Waals surface area (Å²) in [5, 5.41) is 0. The zero-order valence-electron chi connectivity index (χ0n) is 11.1. The molecule has 1 aliphatic carbocycles. The second kappa shape index (κ2) is 5.52. The van der Waals surface area contributed by atoms with Gasteiger partial charge in [0, 0.05) is 0 Å². The maximum Gasteiger partial charge on any atom is 0.361 e. The highest BCUT2D eigenvalue weighted by molar-refractivity contribution is 5.81. The fourth-order valence-electron chi connectivity index (χ4n) is 1.84. The minimum Gasteiger partial charge on any atom is -0.247 e. The Bertz CT molecular complexity index is 298. The third-order valence-corrected chi connectivity index (χ3v) is 3.45. The molecule has 4 nitrogen and oxygen atoms in total. The second-order valence-corrected chi connectivity index (χ2v) is 5.39. The van der Waals surface area contributed by atoms with Crippen LogP contribution >= 0.6 is 0 Å². The van der Waals surface area contributed by atoms with Crippen molar-refractivity contribution >= 4 is 11.9 Å². The zero-order chi connectivity index (χ0) is 13.1. The van der Waals surface area contributed by atoms with Gasteiger partial charge in [-0.3, -0.25) is 0 Å². The van der Waals surface area contributed by atoms with E-state index in [9.17, 15) is 9.59 Å². The van der Waals surface area contributed by atoms with Gasteiger partial charge in [-0.15, -0.1) is 0 Å². The van der Waals surface area contributed by atoms with Crippen molar-refractivity contribution in [1.82, 2.24) is 0 Å². The molecule has 1 rings (SSSR count). The maximum absolute atomic E-state index is 11.7. The summed E-state index contributed by atoms with van der Waals surface area (Å²) in [5.41, 5.74) is -0.438. The summed E-state index contributed by atoms with van der Waals surface area (Å²) < 4.78 is 0. The molecule has 2 unspecified atom stereocenters. The van der Waals surface area contributed by atoms with Gasteiger partial charge in [-0.05, 0) is 25.7 Å². The molecule has 0 aromatic heterocycles. The van der Waals surface area contributed by atoms with Crippen molar-refractivity contribution in [3.8, 4) is 0 Å². The van der Waals surface area contributed by atoms with Crippen LogP contribution in [0.3, 0.4) is 0 Å². The Morgan fingerprint density at radius 3 is 2.53 bits per heavy atom. The summed E-state index contributed by atoms with van der Waals surface area (Å²) >= 11 is 0. The monoisotopic (exact) mass is 242 g/mol. The number of unbranched alkanes of at least 4 members (excludes halogenated alkanes) is 1. The largest absolute Gasteiger partial charge is 0.361 e. The molecule has 2 atom stereocenters. The van der Waals surface area contributed by atoms with E-state index in [1.54, 1.807) is 13.8 Å². The lowest BCUT2D eigenvalue weighted by Crippen LogP contribution is -2.22. The molecule has 98 valence electrons. The van der Waals surface area contributed by atoms with E-state index in [2.05, 4.69) is 16.7 Å². The lowest BCUT2D eigenvalue weighted by molar-refractivity contribution is -0.265. The Morgan fingerprint density at radius 2 is 2.00 bits per heavy atom. The van der Waals surface area contributed by atoms with Crippen molar-refractivity contribution < 1.29 is 19.4 Å². The van der Waals surface area contributed by atoms with Gasteiger partial charge >= 0.3 is 11.9 Å². The summed E-state index contributed by atoms with van der Waals surface area (Å²) in [5.74, 6) is -0.821. The molecule has 1 fully saturated rings. The first-order valence-corrected chi connectivity index (χ1v) is 6.34. The van der Waals surface area contributed by atoms with Crippen molar-refractivity contribution in [1.29, 1.82) is 0 Å². The molecule has 1 saturated carbocycles. The summed E-state index contributed by atoms with van der Waals surface area (Å²) in [7, 11) is 0. The molecule has 0 N–H and O–H groups in total. The Labute approximate surface area is 103 Å². The molecule has 17 heavy (non-hydrogen) atoms. The predicted molar refractivity (Wildman–Crippen MR) is 62.8 cm³/mol. The second-order valence-electron chi connectivity index (χ2n) is 5.39. The normalized spacial score (nSPS) is 26.8. The summed E-state index contributed by atoms with van der Waals surface area (Å²) in [4.78, 5) is 32.0. The fourth-order valence-corrected chi connectivity index (χ4v) is 1.84. The fraction of sp³-hybridized carbons (Fsp3) is 0.846. The van der Waals surface area contributed by atoms with Crippen molar-refractivity contribution in [2.45, 2.75) is 53.4 Å². The van der Waals surface area contributed by atoms with Crippen LogP contribution in [0.2, 0.25) is 0 Å². The van der Waals surface area contributed by atoms with Crippen molar-refractivity contribution in [2.24, 2.45) is 17.3 Å². The molecule has 4 heteroatoms. The first-order valence-electron chi connectivity index (χ1n) is 6.34. The minimum atomic E-state index is -0.507. The van der Waals surface area contributed by atoms with Crippen LogP contribution in [0.5, 0.6) is 0 Å². The molecule has 1 aliphatic rings. The van der Waals surface area contributed by atoms with Crippen LogP contribution in [0, 0.1) is 17.3 Å². The quantitative estimate of drug-likeness (QED) is 0.549. The van der Waals surface area contributed by atoms with E-state index in [-0.39, 0.29) is 5.92 Å². The third kappa shape index (κ3) is 3.45. The van der Waals surface area contributed by atoms with E-state index < -0.39 is 17.4 Å². The van der Waals surface area contributed by atoms with E-state index in [0.29, 0.717) is 5.92 Å². The number of hydrogen-bond donors (Lipinski definition) is 0. The van der Waals surface area contributed by atoms with Crippen LogP contribution in [-0.2, 0) is 19.4 Å². The molecular formula is C13H22O4. The van der Waals surface area contributed by atoms with Crippen LogP contribution in [0.15, 0.2) is 0 Å². The lowest BCUT2D eigenvalue weighted by Gasteiger charge is -2.10. The van der Waals surface area contributed by atoms with Gasteiger partial charge < -0.3 is 0 Å². The lowest BCUT2D eigenvalue weighted by atomic mass is 10.0. The molecule has 0 aromatic rings. The summed E-state index contributed by atoms with van der Waals surface area (Å²) in [6.45, 7) is 7.39. The zero-order valence-corrected chi connectivity index (χ0v) is 11.1.